The van der Waals surface area contributed by atoms with Gasteiger partial charge in [-0.2, -0.15) is 5.10 Å². The van der Waals surface area contributed by atoms with Gasteiger partial charge in [-0.05, 0) is 5.56 Å². The van der Waals surface area contributed by atoms with Gasteiger partial charge in [0.2, 0.25) is 0 Å². The second-order valence-electron chi connectivity index (χ2n) is 5.52. The molecule has 1 saturated heterocycles. The van der Waals surface area contributed by atoms with Gasteiger partial charge in [-0.1, -0.05) is 60.7 Å². The zero-order valence-electron chi connectivity index (χ0n) is 12.3. The SMILES string of the molecule is C(=N\N1CC[NH+](Cc2ccccc2)CC1)/c1ccccc1. The zero-order valence-corrected chi connectivity index (χ0v) is 12.3. The highest BCUT2D eigenvalue weighted by Gasteiger charge is 2.18. The van der Waals surface area contributed by atoms with Gasteiger partial charge < -0.3 is 4.90 Å². The summed E-state index contributed by atoms with van der Waals surface area (Å²) >= 11 is 0. The van der Waals surface area contributed by atoms with Gasteiger partial charge in [-0.3, -0.25) is 5.01 Å². The first-order valence-electron chi connectivity index (χ1n) is 7.61. The second kappa shape index (κ2) is 7.04. The summed E-state index contributed by atoms with van der Waals surface area (Å²) in [6.45, 7) is 5.50. The van der Waals surface area contributed by atoms with Gasteiger partial charge in [0.25, 0.3) is 0 Å². The maximum Gasteiger partial charge on any atom is 0.103 e. The Morgan fingerprint density at radius 3 is 2.19 bits per heavy atom. The molecule has 0 saturated carbocycles. The largest absolute Gasteiger partial charge is 0.328 e. The number of hydrogen-bond acceptors (Lipinski definition) is 2. The third kappa shape index (κ3) is 4.17. The Kier molecular flexibility index (Phi) is 4.64. The van der Waals surface area contributed by atoms with Crippen LogP contribution >= 0.6 is 0 Å². The number of hydrazone groups is 1. The Balaban J connectivity index is 1.48. The number of benzene rings is 2. The summed E-state index contributed by atoms with van der Waals surface area (Å²) in [5.41, 5.74) is 2.59. The molecule has 0 bridgehead atoms. The molecule has 0 aromatic heterocycles. The lowest BCUT2D eigenvalue weighted by molar-refractivity contribution is -0.918. The van der Waals surface area contributed by atoms with Gasteiger partial charge in [-0.15, -0.1) is 0 Å². The van der Waals surface area contributed by atoms with E-state index in [-0.39, 0.29) is 0 Å². The number of nitrogens with zero attached hydrogens (tertiary/aromatic N) is 2. The van der Waals surface area contributed by atoms with Crippen LogP contribution in [0.5, 0.6) is 0 Å². The van der Waals surface area contributed by atoms with Gasteiger partial charge in [0.15, 0.2) is 0 Å². The van der Waals surface area contributed by atoms with Gasteiger partial charge in [0, 0.05) is 5.56 Å². The van der Waals surface area contributed by atoms with Crippen LogP contribution in [0.1, 0.15) is 11.1 Å². The van der Waals surface area contributed by atoms with Crippen molar-refractivity contribution in [3.8, 4) is 0 Å². The number of rotatable bonds is 4. The van der Waals surface area contributed by atoms with Crippen molar-refractivity contribution in [1.29, 1.82) is 0 Å². The lowest BCUT2D eigenvalue weighted by Crippen LogP contribution is -3.13. The molecule has 1 aliphatic rings. The minimum Gasteiger partial charge on any atom is -0.328 e. The third-order valence-electron chi connectivity index (χ3n) is 3.91. The molecule has 0 unspecified atom stereocenters. The van der Waals surface area contributed by atoms with Crippen LogP contribution in [0.3, 0.4) is 0 Å². The molecular weight excluding hydrogens is 258 g/mol. The lowest BCUT2D eigenvalue weighted by Gasteiger charge is -2.30. The average molecular weight is 280 g/mol. The quantitative estimate of drug-likeness (QED) is 0.840. The molecule has 21 heavy (non-hydrogen) atoms. The van der Waals surface area contributed by atoms with Gasteiger partial charge in [0.05, 0.1) is 32.4 Å². The van der Waals surface area contributed by atoms with Crippen molar-refractivity contribution < 1.29 is 4.90 Å². The normalized spacial score (nSPS) is 16.5. The van der Waals surface area contributed by atoms with E-state index in [2.05, 4.69) is 52.6 Å². The number of hydrogen-bond donors (Lipinski definition) is 1. The summed E-state index contributed by atoms with van der Waals surface area (Å²) in [7, 11) is 0. The molecule has 0 spiro atoms. The van der Waals surface area contributed by atoms with E-state index in [0.717, 1.165) is 38.3 Å². The zero-order chi connectivity index (χ0) is 14.3. The molecule has 3 heteroatoms. The molecule has 0 aliphatic carbocycles. The maximum atomic E-state index is 4.59. The van der Waals surface area contributed by atoms with Crippen LogP contribution in [0.4, 0.5) is 0 Å². The molecule has 3 nitrogen and oxygen atoms in total. The fraction of sp³-hybridized carbons (Fsp3) is 0.278. The fourth-order valence-corrected chi connectivity index (χ4v) is 2.68. The maximum absolute atomic E-state index is 4.59. The van der Waals surface area contributed by atoms with E-state index in [1.807, 2.05) is 24.4 Å². The smallest absolute Gasteiger partial charge is 0.103 e. The molecule has 0 amide bonds. The van der Waals surface area contributed by atoms with Crippen LogP contribution < -0.4 is 4.90 Å². The molecule has 3 rings (SSSR count). The highest BCUT2D eigenvalue weighted by molar-refractivity contribution is 5.79. The molecule has 0 atom stereocenters. The number of piperazine rings is 1. The highest BCUT2D eigenvalue weighted by atomic mass is 15.5. The van der Waals surface area contributed by atoms with Crippen molar-refractivity contribution in [2.75, 3.05) is 26.2 Å². The number of nitrogens with one attached hydrogen (secondary N) is 1. The summed E-state index contributed by atoms with van der Waals surface area (Å²) in [5, 5.41) is 6.77. The summed E-state index contributed by atoms with van der Waals surface area (Å²) in [5.74, 6) is 0. The molecular formula is C18H22N3+. The van der Waals surface area contributed by atoms with E-state index in [9.17, 15) is 0 Å². The first kappa shape index (κ1) is 13.8. The van der Waals surface area contributed by atoms with Crippen LogP contribution in [0.25, 0.3) is 0 Å². The van der Waals surface area contributed by atoms with Crippen LogP contribution in [0.15, 0.2) is 65.8 Å². The van der Waals surface area contributed by atoms with E-state index in [0.29, 0.717) is 0 Å². The highest BCUT2D eigenvalue weighted by Crippen LogP contribution is 1.98. The topological polar surface area (TPSA) is 20.0 Å². The van der Waals surface area contributed by atoms with E-state index in [1.165, 1.54) is 5.56 Å². The molecule has 1 heterocycles. The van der Waals surface area contributed by atoms with E-state index >= 15 is 0 Å². The lowest BCUT2D eigenvalue weighted by atomic mass is 10.2. The monoisotopic (exact) mass is 280 g/mol. The Morgan fingerprint density at radius 2 is 1.52 bits per heavy atom. The van der Waals surface area contributed by atoms with Gasteiger partial charge in [0.1, 0.15) is 6.54 Å². The van der Waals surface area contributed by atoms with Crippen LogP contribution in [0, 0.1) is 0 Å². The van der Waals surface area contributed by atoms with Crippen molar-refractivity contribution in [2.45, 2.75) is 6.54 Å². The summed E-state index contributed by atoms with van der Waals surface area (Å²) in [6, 6.07) is 21.0. The predicted molar refractivity (Wildman–Crippen MR) is 86.5 cm³/mol. The van der Waals surface area contributed by atoms with Crippen molar-refractivity contribution in [1.82, 2.24) is 5.01 Å². The summed E-state index contributed by atoms with van der Waals surface area (Å²) in [6.07, 6.45) is 1.96. The van der Waals surface area contributed by atoms with E-state index < -0.39 is 0 Å². The molecule has 2 aromatic rings. The molecule has 1 aliphatic heterocycles. The second-order valence-corrected chi connectivity index (χ2v) is 5.52. The van der Waals surface area contributed by atoms with Crippen molar-refractivity contribution >= 4 is 6.21 Å². The Bertz CT molecular complexity index is 558. The van der Waals surface area contributed by atoms with Crippen LogP contribution in [-0.2, 0) is 6.54 Å². The predicted octanol–water partition coefficient (Wildman–Crippen LogP) is 1.42. The first-order chi connectivity index (χ1) is 10.4. The summed E-state index contributed by atoms with van der Waals surface area (Å²) < 4.78 is 0. The number of quaternary nitrogens is 1. The minimum absolute atomic E-state index is 1.03. The standard InChI is InChI=1S/C18H21N3/c1-3-7-17(8-4-1)15-19-21-13-11-20(12-14-21)16-18-9-5-2-6-10-18/h1-10,15H,11-14,16H2/p+1/b19-15+. The Morgan fingerprint density at radius 1 is 0.905 bits per heavy atom. The Labute approximate surface area is 126 Å². The van der Waals surface area contributed by atoms with Gasteiger partial charge >= 0.3 is 0 Å². The third-order valence-corrected chi connectivity index (χ3v) is 3.91. The molecule has 2 aromatic carbocycles. The molecule has 1 fully saturated rings. The first-order valence-corrected chi connectivity index (χ1v) is 7.61. The van der Waals surface area contributed by atoms with E-state index in [1.54, 1.807) is 4.90 Å². The minimum atomic E-state index is 1.03. The Hall–Kier alpha value is -2.13. The molecule has 1 N–H and O–H groups in total. The van der Waals surface area contributed by atoms with E-state index in [4.69, 9.17) is 0 Å². The molecule has 108 valence electrons. The van der Waals surface area contributed by atoms with Gasteiger partial charge in [-0.25, -0.2) is 0 Å². The summed E-state index contributed by atoms with van der Waals surface area (Å²) in [4.78, 5) is 1.65. The van der Waals surface area contributed by atoms with Crippen molar-refractivity contribution in [3.63, 3.8) is 0 Å². The fourth-order valence-electron chi connectivity index (χ4n) is 2.68. The average Bonchev–Trinajstić information content (AvgIpc) is 2.56. The van der Waals surface area contributed by atoms with Crippen LogP contribution in [0.2, 0.25) is 0 Å². The van der Waals surface area contributed by atoms with Crippen molar-refractivity contribution in [2.24, 2.45) is 5.10 Å². The molecule has 0 radical (unpaired) electrons. The van der Waals surface area contributed by atoms with Crippen LogP contribution in [-0.4, -0.2) is 37.4 Å². The van der Waals surface area contributed by atoms with Crippen molar-refractivity contribution in [3.05, 3.63) is 71.8 Å².